The number of carbonyl (C=O) groups excluding carboxylic acids is 1. The van der Waals surface area contributed by atoms with Gasteiger partial charge in [-0.1, -0.05) is 11.6 Å². The van der Waals surface area contributed by atoms with E-state index in [9.17, 15) is 4.79 Å². The lowest BCUT2D eigenvalue weighted by Gasteiger charge is -2.32. The molecular formula is C16H18ClN3O. The molecule has 1 aliphatic heterocycles. The Kier molecular flexibility index (Phi) is 3.97. The van der Waals surface area contributed by atoms with Crippen molar-refractivity contribution in [2.75, 3.05) is 25.0 Å². The van der Waals surface area contributed by atoms with Crippen molar-refractivity contribution in [3.63, 3.8) is 0 Å². The van der Waals surface area contributed by atoms with Gasteiger partial charge in [0.1, 0.15) is 5.82 Å². The van der Waals surface area contributed by atoms with Crippen molar-refractivity contribution >= 4 is 34.2 Å². The Morgan fingerprint density at radius 3 is 2.76 bits per heavy atom. The van der Waals surface area contributed by atoms with E-state index in [4.69, 9.17) is 16.6 Å². The molecule has 1 aromatic heterocycles. The van der Waals surface area contributed by atoms with Gasteiger partial charge in [0.2, 0.25) is 5.91 Å². The fourth-order valence-electron chi connectivity index (χ4n) is 2.84. The number of benzene rings is 1. The molecule has 0 atom stereocenters. The van der Waals surface area contributed by atoms with Gasteiger partial charge in [-0.05, 0) is 43.2 Å². The van der Waals surface area contributed by atoms with Gasteiger partial charge in [-0.2, -0.15) is 0 Å². The third-order valence-corrected chi connectivity index (χ3v) is 4.31. The number of pyridine rings is 1. The van der Waals surface area contributed by atoms with Gasteiger partial charge in [-0.25, -0.2) is 4.98 Å². The molecule has 0 aliphatic carbocycles. The van der Waals surface area contributed by atoms with Crippen molar-refractivity contribution in [3.8, 4) is 0 Å². The smallest absolute Gasteiger partial charge is 0.222 e. The summed E-state index contributed by atoms with van der Waals surface area (Å²) in [7, 11) is 1.70. The van der Waals surface area contributed by atoms with Crippen LogP contribution in [0, 0.1) is 5.92 Å². The minimum absolute atomic E-state index is 0.130. The van der Waals surface area contributed by atoms with Crippen molar-refractivity contribution < 1.29 is 4.79 Å². The van der Waals surface area contributed by atoms with E-state index in [0.717, 1.165) is 47.7 Å². The van der Waals surface area contributed by atoms with E-state index in [1.54, 1.807) is 7.05 Å². The van der Waals surface area contributed by atoms with Crippen molar-refractivity contribution in [2.24, 2.45) is 5.92 Å². The van der Waals surface area contributed by atoms with Gasteiger partial charge in [-0.3, -0.25) is 4.79 Å². The average Bonchev–Trinajstić information content (AvgIpc) is 2.53. The molecule has 0 saturated carbocycles. The molecule has 0 unspecified atom stereocenters. The summed E-state index contributed by atoms with van der Waals surface area (Å²) in [5.74, 6) is 1.25. The number of nitrogens with one attached hydrogen (secondary N) is 1. The average molecular weight is 304 g/mol. The maximum absolute atomic E-state index is 11.7. The highest BCUT2D eigenvalue weighted by atomic mass is 35.5. The van der Waals surface area contributed by atoms with Crippen LogP contribution in [0.4, 0.5) is 5.82 Å². The molecule has 4 nitrogen and oxygen atoms in total. The SMILES string of the molecule is CNC(=O)C1CCN(c2ccc3cc(Cl)ccc3n2)CC1. The first-order valence-corrected chi connectivity index (χ1v) is 7.58. The predicted octanol–water partition coefficient (Wildman–Crippen LogP) is 2.85. The van der Waals surface area contributed by atoms with Crippen LogP contribution in [-0.4, -0.2) is 31.0 Å². The van der Waals surface area contributed by atoms with Crippen LogP contribution >= 0.6 is 11.6 Å². The van der Waals surface area contributed by atoms with Crippen LogP contribution in [-0.2, 0) is 4.79 Å². The first kappa shape index (κ1) is 14.1. The zero-order valence-electron chi connectivity index (χ0n) is 12.0. The molecule has 1 aliphatic rings. The maximum atomic E-state index is 11.7. The number of nitrogens with zero attached hydrogens (tertiary/aromatic N) is 2. The number of aromatic nitrogens is 1. The van der Waals surface area contributed by atoms with E-state index in [1.165, 1.54) is 0 Å². The number of rotatable bonds is 2. The van der Waals surface area contributed by atoms with Crippen LogP contribution in [0.15, 0.2) is 30.3 Å². The molecule has 0 bridgehead atoms. The minimum atomic E-state index is 0.130. The summed E-state index contributed by atoms with van der Waals surface area (Å²) in [6.07, 6.45) is 1.75. The third-order valence-electron chi connectivity index (χ3n) is 4.07. The molecule has 21 heavy (non-hydrogen) atoms. The van der Waals surface area contributed by atoms with Gasteiger partial charge >= 0.3 is 0 Å². The number of anilines is 1. The van der Waals surface area contributed by atoms with Gasteiger partial charge in [0.25, 0.3) is 0 Å². The maximum Gasteiger partial charge on any atom is 0.222 e. The monoisotopic (exact) mass is 303 g/mol. The molecule has 0 spiro atoms. The number of halogens is 1. The second kappa shape index (κ2) is 5.90. The van der Waals surface area contributed by atoms with Gasteiger partial charge in [0.15, 0.2) is 0 Å². The molecule has 1 N–H and O–H groups in total. The van der Waals surface area contributed by atoms with Crippen molar-refractivity contribution in [3.05, 3.63) is 35.4 Å². The van der Waals surface area contributed by atoms with E-state index in [0.29, 0.717) is 0 Å². The lowest BCUT2D eigenvalue weighted by Crippen LogP contribution is -2.39. The first-order valence-electron chi connectivity index (χ1n) is 7.20. The van der Waals surface area contributed by atoms with Gasteiger partial charge in [0.05, 0.1) is 5.52 Å². The summed E-state index contributed by atoms with van der Waals surface area (Å²) >= 11 is 5.99. The zero-order chi connectivity index (χ0) is 14.8. The number of amides is 1. The van der Waals surface area contributed by atoms with Crippen molar-refractivity contribution in [1.82, 2.24) is 10.3 Å². The fourth-order valence-corrected chi connectivity index (χ4v) is 3.02. The summed E-state index contributed by atoms with van der Waals surface area (Å²) in [4.78, 5) is 18.6. The van der Waals surface area contributed by atoms with Gasteiger partial charge in [0, 0.05) is 36.5 Å². The second-order valence-electron chi connectivity index (χ2n) is 5.38. The highest BCUT2D eigenvalue weighted by molar-refractivity contribution is 6.31. The third kappa shape index (κ3) is 2.95. The molecule has 0 radical (unpaired) electrons. The van der Waals surface area contributed by atoms with E-state index >= 15 is 0 Å². The topological polar surface area (TPSA) is 45.2 Å². The molecule has 2 aromatic rings. The molecule has 5 heteroatoms. The first-order chi connectivity index (χ1) is 10.2. The number of fused-ring (bicyclic) bond motifs is 1. The van der Waals surface area contributed by atoms with Crippen molar-refractivity contribution in [1.29, 1.82) is 0 Å². The molecular weight excluding hydrogens is 286 g/mol. The molecule has 2 heterocycles. The fraction of sp³-hybridized carbons (Fsp3) is 0.375. The summed E-state index contributed by atoms with van der Waals surface area (Å²) in [5, 5.41) is 4.51. The molecule has 1 fully saturated rings. The minimum Gasteiger partial charge on any atom is -0.359 e. The Labute approximate surface area is 129 Å². The molecule has 1 saturated heterocycles. The second-order valence-corrected chi connectivity index (χ2v) is 5.82. The van der Waals surface area contributed by atoms with Gasteiger partial charge in [-0.15, -0.1) is 0 Å². The quantitative estimate of drug-likeness (QED) is 0.928. The highest BCUT2D eigenvalue weighted by Crippen LogP contribution is 2.25. The Balaban J connectivity index is 1.76. The summed E-state index contributed by atoms with van der Waals surface area (Å²) < 4.78 is 0. The standard InChI is InChI=1S/C16H18ClN3O/c1-18-16(21)11-6-8-20(9-7-11)15-5-2-12-10-13(17)3-4-14(12)19-15/h2-5,10-11H,6-9H2,1H3,(H,18,21). The Morgan fingerprint density at radius 1 is 1.29 bits per heavy atom. The normalized spacial score (nSPS) is 16.2. The Hall–Kier alpha value is -1.81. The van der Waals surface area contributed by atoms with Crippen LogP contribution in [0.5, 0.6) is 0 Å². The number of carbonyl (C=O) groups is 1. The number of hydrogen-bond donors (Lipinski definition) is 1. The van der Waals surface area contributed by atoms with E-state index in [1.807, 2.05) is 30.3 Å². The Morgan fingerprint density at radius 2 is 2.05 bits per heavy atom. The van der Waals surface area contributed by atoms with E-state index in [-0.39, 0.29) is 11.8 Å². The Bertz CT molecular complexity index is 666. The van der Waals surface area contributed by atoms with Crippen LogP contribution in [0.1, 0.15) is 12.8 Å². The molecule has 1 amide bonds. The number of piperidine rings is 1. The van der Waals surface area contributed by atoms with Gasteiger partial charge < -0.3 is 10.2 Å². The zero-order valence-corrected chi connectivity index (χ0v) is 12.7. The van der Waals surface area contributed by atoms with Crippen molar-refractivity contribution in [2.45, 2.75) is 12.8 Å². The van der Waals surface area contributed by atoms with E-state index in [2.05, 4.69) is 10.2 Å². The van der Waals surface area contributed by atoms with Crippen LogP contribution < -0.4 is 10.2 Å². The van der Waals surface area contributed by atoms with Crippen LogP contribution in [0.3, 0.4) is 0 Å². The van der Waals surface area contributed by atoms with Crippen LogP contribution in [0.25, 0.3) is 10.9 Å². The molecule has 1 aromatic carbocycles. The summed E-state index contributed by atoms with van der Waals surface area (Å²) in [6.45, 7) is 1.73. The predicted molar refractivity (Wildman–Crippen MR) is 85.8 cm³/mol. The highest BCUT2D eigenvalue weighted by Gasteiger charge is 2.24. The van der Waals surface area contributed by atoms with Crippen LogP contribution in [0.2, 0.25) is 5.02 Å². The summed E-state index contributed by atoms with van der Waals surface area (Å²) in [6, 6.07) is 9.80. The lowest BCUT2D eigenvalue weighted by atomic mass is 9.96. The molecule has 3 rings (SSSR count). The summed E-state index contributed by atoms with van der Waals surface area (Å²) in [5.41, 5.74) is 0.949. The largest absolute Gasteiger partial charge is 0.359 e. The van der Waals surface area contributed by atoms with E-state index < -0.39 is 0 Å². The lowest BCUT2D eigenvalue weighted by molar-refractivity contribution is -0.125. The molecule has 110 valence electrons. The number of hydrogen-bond acceptors (Lipinski definition) is 3.